The number of carboxylic acids is 1. The van der Waals surface area contributed by atoms with Gasteiger partial charge in [0.1, 0.15) is 0 Å². The molecule has 0 radical (unpaired) electrons. The van der Waals surface area contributed by atoms with Crippen molar-refractivity contribution in [3.63, 3.8) is 0 Å². The molecule has 0 unspecified atom stereocenters. The summed E-state index contributed by atoms with van der Waals surface area (Å²) in [5.41, 5.74) is 3.67. The third-order valence-corrected chi connectivity index (χ3v) is 4.58. The first-order valence-electron chi connectivity index (χ1n) is 9.02. The number of aromatic nitrogens is 2. The van der Waals surface area contributed by atoms with Crippen LogP contribution in [0.3, 0.4) is 0 Å². The highest BCUT2D eigenvalue weighted by molar-refractivity contribution is 5.87. The summed E-state index contributed by atoms with van der Waals surface area (Å²) in [6.07, 6.45) is 0. The molecule has 2 aromatic carbocycles. The molecule has 0 bridgehead atoms. The Balaban J connectivity index is 1.90. The summed E-state index contributed by atoms with van der Waals surface area (Å²) in [6, 6.07) is 17.5. The number of benzene rings is 2. The maximum absolute atomic E-state index is 12.4. The number of rotatable bonds is 6. The lowest BCUT2D eigenvalue weighted by Gasteiger charge is -2.16. The van der Waals surface area contributed by atoms with Crippen molar-refractivity contribution < 1.29 is 9.90 Å². The fourth-order valence-electron chi connectivity index (χ4n) is 3.05. The van der Waals surface area contributed by atoms with Crippen molar-refractivity contribution in [2.45, 2.75) is 19.5 Å². The van der Waals surface area contributed by atoms with Gasteiger partial charge in [0.05, 0.1) is 17.3 Å². The zero-order valence-corrected chi connectivity index (χ0v) is 16.2. The fraction of sp³-hybridized carbons (Fsp3) is 0.227. The molecule has 0 aliphatic carbocycles. The van der Waals surface area contributed by atoms with Crippen LogP contribution in [0.2, 0.25) is 0 Å². The van der Waals surface area contributed by atoms with Crippen molar-refractivity contribution in [3.05, 3.63) is 87.7 Å². The highest BCUT2D eigenvalue weighted by atomic mass is 16.4. The highest BCUT2D eigenvalue weighted by Crippen LogP contribution is 2.20. The van der Waals surface area contributed by atoms with Crippen molar-refractivity contribution in [2.24, 2.45) is 0 Å². The number of hydrogen-bond acceptors (Lipinski definition) is 4. The van der Waals surface area contributed by atoms with Gasteiger partial charge in [-0.3, -0.25) is 4.79 Å². The molecule has 1 N–H and O–H groups in total. The Hall–Kier alpha value is -3.25. The second kappa shape index (κ2) is 8.19. The molecule has 1 heterocycles. The average Bonchev–Trinajstić information content (AvgIpc) is 2.68. The molecule has 1 aromatic heterocycles. The van der Waals surface area contributed by atoms with Crippen LogP contribution in [0, 0.1) is 0 Å². The lowest BCUT2D eigenvalue weighted by atomic mass is 10.1. The molecule has 0 spiro atoms. The summed E-state index contributed by atoms with van der Waals surface area (Å²) < 4.78 is 1.43. The molecule has 28 heavy (non-hydrogen) atoms. The van der Waals surface area contributed by atoms with Crippen LogP contribution in [0.15, 0.2) is 65.5 Å². The van der Waals surface area contributed by atoms with Crippen LogP contribution in [-0.4, -0.2) is 39.9 Å². The SMILES string of the molecule is C[C@@H](c1ccc(C(=O)O)cc1)n1nc(-c2ccc(CN(C)C)cc2)ccc1=O. The molecule has 0 saturated heterocycles. The van der Waals surface area contributed by atoms with Crippen molar-refractivity contribution >= 4 is 5.97 Å². The summed E-state index contributed by atoms with van der Waals surface area (Å²) in [4.78, 5) is 25.5. The van der Waals surface area contributed by atoms with E-state index in [1.165, 1.54) is 28.4 Å². The summed E-state index contributed by atoms with van der Waals surface area (Å²) >= 11 is 0. The lowest BCUT2D eigenvalue weighted by molar-refractivity contribution is 0.0697. The predicted octanol–water partition coefficient (Wildman–Crippen LogP) is 3.28. The standard InChI is InChI=1S/C22H23N3O3/c1-15(17-8-10-19(11-9-17)22(27)28)25-21(26)13-12-20(23-25)18-6-4-16(5-7-18)14-24(2)3/h4-13,15H,14H2,1-3H3,(H,27,28)/t15-/m0/s1. The number of carboxylic acid groups (broad SMARTS) is 1. The van der Waals surface area contributed by atoms with E-state index in [1.807, 2.05) is 33.2 Å². The van der Waals surface area contributed by atoms with E-state index in [1.54, 1.807) is 18.2 Å². The number of carbonyl (C=O) groups is 1. The molecule has 0 aliphatic rings. The second-order valence-electron chi connectivity index (χ2n) is 7.04. The normalized spacial score (nSPS) is 12.1. The van der Waals surface area contributed by atoms with E-state index in [0.717, 1.165) is 17.7 Å². The Morgan fingerprint density at radius 2 is 1.68 bits per heavy atom. The topological polar surface area (TPSA) is 75.4 Å². The number of hydrogen-bond donors (Lipinski definition) is 1. The van der Waals surface area contributed by atoms with Gasteiger partial charge in [0.15, 0.2) is 0 Å². The first kappa shape index (κ1) is 19.5. The smallest absolute Gasteiger partial charge is 0.335 e. The minimum atomic E-state index is -0.978. The molecule has 0 fully saturated rings. The zero-order chi connectivity index (χ0) is 20.3. The maximum atomic E-state index is 12.4. The molecule has 0 saturated carbocycles. The molecular weight excluding hydrogens is 354 g/mol. The monoisotopic (exact) mass is 377 g/mol. The van der Waals surface area contributed by atoms with Crippen LogP contribution in [-0.2, 0) is 6.54 Å². The Bertz CT molecular complexity index is 1020. The van der Waals surface area contributed by atoms with Gasteiger partial charge < -0.3 is 10.0 Å². The second-order valence-corrected chi connectivity index (χ2v) is 7.04. The maximum Gasteiger partial charge on any atom is 0.335 e. The van der Waals surface area contributed by atoms with Crippen LogP contribution in [0.1, 0.15) is 34.5 Å². The van der Waals surface area contributed by atoms with Crippen LogP contribution in [0.5, 0.6) is 0 Å². The third kappa shape index (κ3) is 4.35. The molecule has 6 heteroatoms. The average molecular weight is 377 g/mol. The van der Waals surface area contributed by atoms with Gasteiger partial charge in [-0.15, -0.1) is 0 Å². The van der Waals surface area contributed by atoms with Gasteiger partial charge >= 0.3 is 5.97 Å². The van der Waals surface area contributed by atoms with Gasteiger partial charge in [-0.2, -0.15) is 5.10 Å². The fourth-order valence-corrected chi connectivity index (χ4v) is 3.05. The van der Waals surface area contributed by atoms with Crippen molar-refractivity contribution in [1.29, 1.82) is 0 Å². The molecule has 3 aromatic rings. The van der Waals surface area contributed by atoms with Crippen LogP contribution in [0.25, 0.3) is 11.3 Å². The van der Waals surface area contributed by atoms with Crippen molar-refractivity contribution in [1.82, 2.24) is 14.7 Å². The first-order chi connectivity index (χ1) is 13.3. The summed E-state index contributed by atoms with van der Waals surface area (Å²) in [5, 5.41) is 13.6. The minimum Gasteiger partial charge on any atom is -0.478 e. The van der Waals surface area contributed by atoms with E-state index in [9.17, 15) is 9.59 Å². The molecule has 0 amide bonds. The van der Waals surface area contributed by atoms with Crippen LogP contribution < -0.4 is 5.56 Å². The van der Waals surface area contributed by atoms with Gasteiger partial charge in [0, 0.05) is 18.2 Å². The van der Waals surface area contributed by atoms with Gasteiger partial charge in [-0.05, 0) is 50.3 Å². The molecule has 0 aliphatic heterocycles. The Morgan fingerprint density at radius 1 is 1.04 bits per heavy atom. The summed E-state index contributed by atoms with van der Waals surface area (Å²) in [7, 11) is 4.05. The van der Waals surface area contributed by atoms with Crippen molar-refractivity contribution in [3.8, 4) is 11.3 Å². The number of nitrogens with zero attached hydrogens (tertiary/aromatic N) is 3. The van der Waals surface area contributed by atoms with Crippen LogP contribution >= 0.6 is 0 Å². The summed E-state index contributed by atoms with van der Waals surface area (Å²) in [6.45, 7) is 2.73. The van der Waals surface area contributed by atoms with Gasteiger partial charge in [0.25, 0.3) is 5.56 Å². The van der Waals surface area contributed by atoms with E-state index < -0.39 is 5.97 Å². The zero-order valence-electron chi connectivity index (χ0n) is 16.2. The quantitative estimate of drug-likeness (QED) is 0.713. The molecule has 6 nitrogen and oxygen atoms in total. The van der Waals surface area contributed by atoms with Gasteiger partial charge in [0.2, 0.25) is 0 Å². The Kier molecular flexibility index (Phi) is 5.70. The molecule has 144 valence electrons. The number of aromatic carboxylic acids is 1. The van der Waals surface area contributed by atoms with Crippen molar-refractivity contribution in [2.75, 3.05) is 14.1 Å². The van der Waals surface area contributed by atoms with Gasteiger partial charge in [-0.1, -0.05) is 36.4 Å². The predicted molar refractivity (Wildman–Crippen MR) is 109 cm³/mol. The van der Waals surface area contributed by atoms with E-state index in [-0.39, 0.29) is 17.2 Å². The largest absolute Gasteiger partial charge is 0.478 e. The third-order valence-electron chi connectivity index (χ3n) is 4.58. The lowest BCUT2D eigenvalue weighted by Crippen LogP contribution is -2.26. The van der Waals surface area contributed by atoms with E-state index in [0.29, 0.717) is 5.69 Å². The summed E-state index contributed by atoms with van der Waals surface area (Å²) in [5.74, 6) is -0.978. The van der Waals surface area contributed by atoms with E-state index in [4.69, 9.17) is 5.11 Å². The Labute approximate surface area is 163 Å². The van der Waals surface area contributed by atoms with Gasteiger partial charge in [-0.25, -0.2) is 9.48 Å². The highest BCUT2D eigenvalue weighted by Gasteiger charge is 2.13. The molecular formula is C22H23N3O3. The van der Waals surface area contributed by atoms with Crippen LogP contribution in [0.4, 0.5) is 0 Å². The van der Waals surface area contributed by atoms with E-state index >= 15 is 0 Å². The minimum absolute atomic E-state index is 0.206. The molecule has 1 atom stereocenters. The molecule has 3 rings (SSSR count). The van der Waals surface area contributed by atoms with E-state index in [2.05, 4.69) is 22.1 Å². The Morgan fingerprint density at radius 3 is 2.25 bits per heavy atom. The first-order valence-corrected chi connectivity index (χ1v) is 9.02.